The first-order valence-corrected chi connectivity index (χ1v) is 10.8. The van der Waals surface area contributed by atoms with Crippen molar-refractivity contribution in [3.8, 4) is 0 Å². The van der Waals surface area contributed by atoms with Crippen LogP contribution in [-0.2, 0) is 14.3 Å². The molecule has 33 heavy (non-hydrogen) atoms. The normalized spacial score (nSPS) is 47.1. The number of ether oxygens (including phenoxy) is 2. The monoisotopic (exact) mass is 469 g/mol. The van der Waals surface area contributed by atoms with Crippen molar-refractivity contribution in [1.29, 1.82) is 5.41 Å². The molecule has 14 nitrogen and oxygen atoms in total. The number of carbonyl (C=O) groups excluding carboxylic acids is 3. The summed E-state index contributed by atoms with van der Waals surface area (Å²) >= 11 is 0. The lowest BCUT2D eigenvalue weighted by Crippen LogP contribution is -2.88. The number of amides is 5. The Bertz CT molecular complexity index is 903. The number of rotatable bonds is 4. The lowest BCUT2D eigenvalue weighted by Gasteiger charge is -2.67. The summed E-state index contributed by atoms with van der Waals surface area (Å²) < 4.78 is 11.4. The second-order valence-corrected chi connectivity index (χ2v) is 9.34. The zero-order chi connectivity index (χ0) is 23.8. The standard InChI is InChI=1S/C19H27N5O9/c1-19-12-13(23(17(30)21-15(12)20)10-2-6(27)8(4-25)32-10)14(19)24(18(31)22-16(19)29)11-3-7(28)9(5-26)33-11/h6-14,25-28H,2-5H2,1H3,(H2,20,21,30)(H,22,29,31)/t6-,7-,8+,9+,10+,11+,12?,13?,14?,19?/m0/s1. The van der Waals surface area contributed by atoms with Crippen LogP contribution in [0.25, 0.3) is 0 Å². The van der Waals surface area contributed by atoms with E-state index in [-0.39, 0.29) is 18.7 Å². The lowest BCUT2D eigenvalue weighted by atomic mass is 9.50. The fraction of sp³-hybridized carbons (Fsp3) is 0.789. The minimum Gasteiger partial charge on any atom is -0.394 e. The summed E-state index contributed by atoms with van der Waals surface area (Å²) in [7, 11) is 0. The zero-order valence-corrected chi connectivity index (χ0v) is 17.7. The number of nitrogens with one attached hydrogen (secondary N) is 3. The van der Waals surface area contributed by atoms with Crippen LogP contribution in [0.3, 0.4) is 0 Å². The minimum atomic E-state index is -1.29. The molecule has 7 N–H and O–H groups in total. The highest BCUT2D eigenvalue weighted by Crippen LogP contribution is 2.56. The number of urea groups is 2. The number of aliphatic hydroxyl groups is 4. The van der Waals surface area contributed by atoms with Crippen LogP contribution in [0, 0.1) is 16.7 Å². The van der Waals surface area contributed by atoms with Gasteiger partial charge in [-0.05, 0) is 6.92 Å². The number of fused-ring (bicyclic) bond motifs is 4. The third kappa shape index (κ3) is 2.95. The highest BCUT2D eigenvalue weighted by atomic mass is 16.6. The molecule has 5 amide bonds. The molecule has 182 valence electrons. The number of imide groups is 1. The summed E-state index contributed by atoms with van der Waals surface area (Å²) in [5.74, 6) is -1.58. The van der Waals surface area contributed by atoms with Crippen LogP contribution in [0.4, 0.5) is 9.59 Å². The molecule has 0 radical (unpaired) electrons. The van der Waals surface area contributed by atoms with E-state index in [9.17, 15) is 34.8 Å². The van der Waals surface area contributed by atoms with E-state index in [1.165, 1.54) is 9.80 Å². The quantitative estimate of drug-likeness (QED) is 0.222. The van der Waals surface area contributed by atoms with Crippen molar-refractivity contribution in [3.63, 3.8) is 0 Å². The van der Waals surface area contributed by atoms with Gasteiger partial charge in [0, 0.05) is 12.8 Å². The molecule has 10 atom stereocenters. The predicted octanol–water partition coefficient (Wildman–Crippen LogP) is -3.15. The third-order valence-corrected chi connectivity index (χ3v) is 7.67. The van der Waals surface area contributed by atoms with Crippen molar-refractivity contribution in [1.82, 2.24) is 20.4 Å². The Morgan fingerprint density at radius 3 is 2.00 bits per heavy atom. The summed E-state index contributed by atoms with van der Waals surface area (Å²) in [5, 5.41) is 52.4. The van der Waals surface area contributed by atoms with Gasteiger partial charge in [0.1, 0.15) is 30.5 Å². The Hall–Kier alpha value is -2.36. The van der Waals surface area contributed by atoms with Crippen LogP contribution in [0.1, 0.15) is 19.8 Å². The molecule has 4 aliphatic heterocycles. The minimum absolute atomic E-state index is 0.00397. The number of amidine groups is 1. The molecule has 5 rings (SSSR count). The molecule has 5 aliphatic rings. The van der Waals surface area contributed by atoms with E-state index in [1.807, 2.05) is 0 Å². The van der Waals surface area contributed by atoms with Crippen LogP contribution in [0.15, 0.2) is 0 Å². The van der Waals surface area contributed by atoms with E-state index >= 15 is 0 Å². The Balaban J connectivity index is 1.53. The van der Waals surface area contributed by atoms with Crippen LogP contribution >= 0.6 is 0 Å². The van der Waals surface area contributed by atoms with Crippen molar-refractivity contribution in [3.05, 3.63) is 0 Å². The topological polar surface area (TPSA) is 205 Å². The zero-order valence-electron chi connectivity index (χ0n) is 17.7. The average molecular weight is 469 g/mol. The summed E-state index contributed by atoms with van der Waals surface area (Å²) in [6.07, 6.45) is -5.80. The Morgan fingerprint density at radius 2 is 1.48 bits per heavy atom. The van der Waals surface area contributed by atoms with Gasteiger partial charge >= 0.3 is 12.1 Å². The molecule has 4 heterocycles. The van der Waals surface area contributed by atoms with Crippen molar-refractivity contribution < 1.29 is 44.3 Å². The molecular formula is C19H27N5O9. The Labute approximate surface area is 187 Å². The van der Waals surface area contributed by atoms with Gasteiger partial charge in [0.05, 0.1) is 48.8 Å². The lowest BCUT2D eigenvalue weighted by molar-refractivity contribution is -0.198. The molecule has 14 heteroatoms. The summed E-state index contributed by atoms with van der Waals surface area (Å²) in [6, 6.07) is -3.22. The molecule has 4 unspecified atom stereocenters. The molecule has 0 aromatic heterocycles. The first kappa shape index (κ1) is 22.4. The van der Waals surface area contributed by atoms with Gasteiger partial charge in [-0.1, -0.05) is 0 Å². The molecule has 0 aromatic rings. The molecule has 0 spiro atoms. The van der Waals surface area contributed by atoms with Gasteiger partial charge in [-0.25, -0.2) is 9.59 Å². The van der Waals surface area contributed by atoms with Gasteiger partial charge in [0.15, 0.2) is 0 Å². The average Bonchev–Trinajstić information content (AvgIpc) is 3.31. The van der Waals surface area contributed by atoms with Crippen molar-refractivity contribution >= 4 is 23.8 Å². The molecule has 1 saturated carbocycles. The summed E-state index contributed by atoms with van der Waals surface area (Å²) in [6.45, 7) is 0.671. The smallest absolute Gasteiger partial charge is 0.326 e. The molecule has 5 fully saturated rings. The highest BCUT2D eigenvalue weighted by molar-refractivity contribution is 6.09. The fourth-order valence-electron chi connectivity index (χ4n) is 6.02. The number of hydrogen-bond donors (Lipinski definition) is 7. The maximum absolute atomic E-state index is 13.0. The van der Waals surface area contributed by atoms with Crippen molar-refractivity contribution in [2.75, 3.05) is 13.2 Å². The van der Waals surface area contributed by atoms with E-state index < -0.39 is 91.5 Å². The number of nitrogens with zero attached hydrogens (tertiary/aromatic N) is 2. The van der Waals surface area contributed by atoms with Gasteiger partial charge < -0.3 is 29.9 Å². The van der Waals surface area contributed by atoms with Gasteiger partial charge in [0.2, 0.25) is 5.91 Å². The Morgan fingerprint density at radius 1 is 0.970 bits per heavy atom. The second kappa shape index (κ2) is 7.58. The SMILES string of the molecule is CC12C(=O)NC(=O)N([C@H]3C[C@H](O)[C@@H](CO)O3)C1C1C2C(=N)NC(=O)N1[C@H]1C[C@H](O)[C@@H](CO)O1. The maximum Gasteiger partial charge on any atom is 0.326 e. The van der Waals surface area contributed by atoms with E-state index in [0.717, 1.165) is 0 Å². The maximum atomic E-state index is 13.0. The van der Waals surface area contributed by atoms with Gasteiger partial charge in [-0.2, -0.15) is 0 Å². The van der Waals surface area contributed by atoms with Crippen LogP contribution < -0.4 is 10.6 Å². The number of aliphatic hydroxyl groups excluding tert-OH is 4. The van der Waals surface area contributed by atoms with Gasteiger partial charge in [0.25, 0.3) is 0 Å². The molecule has 0 bridgehead atoms. The molecular weight excluding hydrogens is 442 g/mol. The van der Waals surface area contributed by atoms with E-state index in [1.54, 1.807) is 6.92 Å². The predicted molar refractivity (Wildman–Crippen MR) is 105 cm³/mol. The highest BCUT2D eigenvalue weighted by Gasteiger charge is 2.75. The largest absolute Gasteiger partial charge is 0.394 e. The van der Waals surface area contributed by atoms with Crippen molar-refractivity contribution in [2.24, 2.45) is 11.3 Å². The van der Waals surface area contributed by atoms with Crippen molar-refractivity contribution in [2.45, 2.75) is 68.7 Å². The molecule has 4 saturated heterocycles. The van der Waals surface area contributed by atoms with E-state index in [2.05, 4.69) is 10.6 Å². The van der Waals surface area contributed by atoms with E-state index in [0.29, 0.717) is 0 Å². The van der Waals surface area contributed by atoms with Crippen LogP contribution in [0.2, 0.25) is 0 Å². The second-order valence-electron chi connectivity index (χ2n) is 9.34. The summed E-state index contributed by atoms with van der Waals surface area (Å²) in [4.78, 5) is 41.4. The first-order valence-electron chi connectivity index (χ1n) is 10.8. The van der Waals surface area contributed by atoms with Gasteiger partial charge in [-0.3, -0.25) is 30.6 Å². The number of carbonyl (C=O) groups is 3. The molecule has 0 aromatic carbocycles. The van der Waals surface area contributed by atoms with Crippen LogP contribution in [-0.4, -0.2) is 116 Å². The van der Waals surface area contributed by atoms with Gasteiger partial charge in [-0.15, -0.1) is 0 Å². The molecule has 1 aliphatic carbocycles. The van der Waals surface area contributed by atoms with Crippen LogP contribution in [0.5, 0.6) is 0 Å². The Kier molecular flexibility index (Phi) is 5.15. The van der Waals surface area contributed by atoms with E-state index in [4.69, 9.17) is 14.9 Å². The first-order chi connectivity index (χ1) is 15.6. The fourth-order valence-corrected chi connectivity index (χ4v) is 6.02. The third-order valence-electron chi connectivity index (χ3n) is 7.67. The number of hydrogen-bond acceptors (Lipinski definition) is 10. The summed E-state index contributed by atoms with van der Waals surface area (Å²) in [5.41, 5.74) is -1.29.